The van der Waals surface area contributed by atoms with Gasteiger partial charge >= 0.3 is 6.09 Å². The maximum absolute atomic E-state index is 12.1. The number of benzene rings is 2. The zero-order valence-corrected chi connectivity index (χ0v) is 19.5. The number of carbonyl (C=O) groups excluding carboxylic acids is 1. The van der Waals surface area contributed by atoms with Crippen molar-refractivity contribution in [2.45, 2.75) is 52.2 Å². The van der Waals surface area contributed by atoms with Crippen LogP contribution in [0.1, 0.15) is 46.1 Å². The molecule has 0 spiro atoms. The van der Waals surface area contributed by atoms with Crippen molar-refractivity contribution in [3.8, 4) is 11.1 Å². The molecule has 0 N–H and O–H groups in total. The highest BCUT2D eigenvalue weighted by atomic mass is 16.6. The average Bonchev–Trinajstić information content (AvgIpc) is 2.78. The van der Waals surface area contributed by atoms with Crippen LogP contribution in [0.25, 0.3) is 11.1 Å². The highest BCUT2D eigenvalue weighted by Gasteiger charge is 2.27. The number of piperidine rings is 1. The molecule has 0 radical (unpaired) electrons. The Balaban J connectivity index is 1.35. The molecule has 1 saturated heterocycles. The monoisotopic (exact) mass is 438 g/mol. The highest BCUT2D eigenvalue weighted by Crippen LogP contribution is 2.20. The van der Waals surface area contributed by atoms with E-state index in [0.717, 1.165) is 24.1 Å². The molecule has 1 fully saturated rings. The van der Waals surface area contributed by atoms with Crippen molar-refractivity contribution < 1.29 is 19.1 Å². The molecule has 2 aromatic rings. The van der Waals surface area contributed by atoms with Gasteiger partial charge in [-0.1, -0.05) is 59.8 Å². The van der Waals surface area contributed by atoms with E-state index < -0.39 is 5.60 Å². The molecular formula is C26H34N2O4. The van der Waals surface area contributed by atoms with Crippen molar-refractivity contribution in [2.24, 2.45) is 5.16 Å². The number of carbonyl (C=O) groups is 1. The van der Waals surface area contributed by atoms with Gasteiger partial charge < -0.3 is 19.2 Å². The summed E-state index contributed by atoms with van der Waals surface area (Å²) >= 11 is 0. The molecule has 1 heterocycles. The predicted octanol–water partition coefficient (Wildman–Crippen LogP) is 5.51. The van der Waals surface area contributed by atoms with Crippen LogP contribution in [0.2, 0.25) is 0 Å². The molecular weight excluding hydrogens is 404 g/mol. The summed E-state index contributed by atoms with van der Waals surface area (Å²) in [5, 5.41) is 4.22. The Bertz CT molecular complexity index is 880. The fourth-order valence-electron chi connectivity index (χ4n) is 3.51. The number of hydrogen-bond donors (Lipinski definition) is 0. The molecule has 1 amide bonds. The van der Waals surface area contributed by atoms with Crippen LogP contribution < -0.4 is 0 Å². The first-order chi connectivity index (χ1) is 15.3. The second-order valence-corrected chi connectivity index (χ2v) is 8.99. The summed E-state index contributed by atoms with van der Waals surface area (Å²) in [4.78, 5) is 19.3. The van der Waals surface area contributed by atoms with Gasteiger partial charge in [-0.05, 0) is 57.2 Å². The molecule has 172 valence electrons. The number of oxime groups is 1. The van der Waals surface area contributed by atoms with E-state index in [4.69, 9.17) is 14.3 Å². The number of likely N-dealkylation sites (tertiary alicyclic amines) is 1. The minimum absolute atomic E-state index is 0.132. The largest absolute Gasteiger partial charge is 0.444 e. The lowest BCUT2D eigenvalue weighted by molar-refractivity contribution is -0.0287. The van der Waals surface area contributed by atoms with Gasteiger partial charge in [-0.15, -0.1) is 0 Å². The van der Waals surface area contributed by atoms with Crippen LogP contribution >= 0.6 is 0 Å². The summed E-state index contributed by atoms with van der Waals surface area (Å²) in [6.45, 7) is 9.74. The molecule has 0 bridgehead atoms. The smallest absolute Gasteiger partial charge is 0.410 e. The van der Waals surface area contributed by atoms with Crippen LogP contribution in [0.4, 0.5) is 4.79 Å². The molecule has 0 aliphatic carbocycles. The first-order valence-electron chi connectivity index (χ1n) is 11.2. The van der Waals surface area contributed by atoms with Gasteiger partial charge in [-0.3, -0.25) is 0 Å². The molecule has 3 rings (SSSR count). The van der Waals surface area contributed by atoms with Gasteiger partial charge in [-0.2, -0.15) is 0 Å². The Morgan fingerprint density at radius 2 is 1.59 bits per heavy atom. The number of nitrogens with zero attached hydrogens (tertiary/aromatic N) is 2. The van der Waals surface area contributed by atoms with Crippen molar-refractivity contribution in [3.63, 3.8) is 0 Å². The van der Waals surface area contributed by atoms with Gasteiger partial charge in [0.15, 0.2) is 0 Å². The van der Waals surface area contributed by atoms with Crippen LogP contribution in [0.3, 0.4) is 0 Å². The summed E-state index contributed by atoms with van der Waals surface area (Å²) in [6.07, 6.45) is 1.48. The molecule has 0 saturated carbocycles. The highest BCUT2D eigenvalue weighted by molar-refractivity contribution is 5.98. The Morgan fingerprint density at radius 1 is 0.969 bits per heavy atom. The molecule has 0 atom stereocenters. The minimum Gasteiger partial charge on any atom is -0.444 e. The standard InChI is InChI=1S/C26H34N2O4/c1-20(21-10-12-23(13-11-21)22-8-6-5-7-9-22)27-31-19-18-30-24-14-16-28(17-15-24)25(29)32-26(2,3)4/h5-13,24H,14-19H2,1-4H3/b27-20-. The second kappa shape index (κ2) is 11.1. The van der Waals surface area contributed by atoms with E-state index >= 15 is 0 Å². The summed E-state index contributed by atoms with van der Waals surface area (Å²) in [5.74, 6) is 0. The van der Waals surface area contributed by atoms with Crippen molar-refractivity contribution in [3.05, 3.63) is 60.2 Å². The van der Waals surface area contributed by atoms with Crippen molar-refractivity contribution in [2.75, 3.05) is 26.3 Å². The number of hydrogen-bond acceptors (Lipinski definition) is 5. The topological polar surface area (TPSA) is 60.4 Å². The first kappa shape index (κ1) is 23.8. The Labute approximate surface area is 191 Å². The van der Waals surface area contributed by atoms with Gasteiger partial charge in [0, 0.05) is 13.1 Å². The Hall–Kier alpha value is -2.86. The fourth-order valence-corrected chi connectivity index (χ4v) is 3.51. The summed E-state index contributed by atoms with van der Waals surface area (Å²) in [6, 6.07) is 18.6. The fraction of sp³-hybridized carbons (Fsp3) is 0.462. The molecule has 0 aromatic heterocycles. The molecule has 1 aliphatic heterocycles. The van der Waals surface area contributed by atoms with Gasteiger partial charge in [0.1, 0.15) is 12.2 Å². The van der Waals surface area contributed by atoms with Gasteiger partial charge in [0.2, 0.25) is 0 Å². The summed E-state index contributed by atoms with van der Waals surface area (Å²) in [5.41, 5.74) is 3.76. The zero-order chi connectivity index (χ0) is 23.0. The first-order valence-corrected chi connectivity index (χ1v) is 11.2. The summed E-state index contributed by atoms with van der Waals surface area (Å²) in [7, 11) is 0. The van der Waals surface area contributed by atoms with E-state index in [-0.39, 0.29) is 12.2 Å². The maximum atomic E-state index is 12.1. The third kappa shape index (κ3) is 7.38. The van der Waals surface area contributed by atoms with Crippen molar-refractivity contribution >= 4 is 11.8 Å². The van der Waals surface area contributed by atoms with Crippen LogP contribution in [0, 0.1) is 0 Å². The maximum Gasteiger partial charge on any atom is 0.410 e. The molecule has 6 nitrogen and oxygen atoms in total. The van der Waals surface area contributed by atoms with Crippen molar-refractivity contribution in [1.29, 1.82) is 0 Å². The Morgan fingerprint density at radius 3 is 2.22 bits per heavy atom. The molecule has 0 unspecified atom stereocenters. The minimum atomic E-state index is -0.468. The normalized spacial score (nSPS) is 15.5. The predicted molar refractivity (Wildman–Crippen MR) is 127 cm³/mol. The van der Waals surface area contributed by atoms with Gasteiger partial charge in [0.25, 0.3) is 0 Å². The number of amides is 1. The summed E-state index contributed by atoms with van der Waals surface area (Å²) < 4.78 is 11.3. The van der Waals surface area contributed by atoms with Gasteiger partial charge in [-0.25, -0.2) is 4.79 Å². The lowest BCUT2D eigenvalue weighted by Crippen LogP contribution is -2.43. The van der Waals surface area contributed by atoms with E-state index in [1.807, 2.05) is 45.9 Å². The Kier molecular flexibility index (Phi) is 8.28. The average molecular weight is 439 g/mol. The molecule has 6 heteroatoms. The second-order valence-electron chi connectivity index (χ2n) is 8.99. The van der Waals surface area contributed by atoms with Crippen LogP contribution in [-0.4, -0.2) is 54.7 Å². The number of ether oxygens (including phenoxy) is 2. The van der Waals surface area contributed by atoms with Crippen LogP contribution in [0.5, 0.6) is 0 Å². The third-order valence-electron chi connectivity index (χ3n) is 5.23. The SMILES string of the molecule is C/C(=N/OCCOC1CCN(C(=O)OC(C)(C)C)CC1)c1ccc(-c2ccccc2)cc1. The lowest BCUT2D eigenvalue weighted by Gasteiger charge is -2.33. The van der Waals surface area contributed by atoms with E-state index in [1.54, 1.807) is 4.90 Å². The zero-order valence-electron chi connectivity index (χ0n) is 19.5. The number of rotatable bonds is 7. The van der Waals surface area contributed by atoms with E-state index in [0.29, 0.717) is 26.3 Å². The van der Waals surface area contributed by atoms with Gasteiger partial charge in [0.05, 0.1) is 18.4 Å². The van der Waals surface area contributed by atoms with E-state index in [1.165, 1.54) is 11.1 Å². The van der Waals surface area contributed by atoms with E-state index in [9.17, 15) is 4.79 Å². The van der Waals surface area contributed by atoms with E-state index in [2.05, 4.69) is 41.6 Å². The molecule has 1 aliphatic rings. The van der Waals surface area contributed by atoms with Crippen molar-refractivity contribution in [1.82, 2.24) is 4.90 Å². The third-order valence-corrected chi connectivity index (χ3v) is 5.23. The van der Waals surface area contributed by atoms with Crippen LogP contribution in [0.15, 0.2) is 59.8 Å². The quantitative estimate of drug-likeness (QED) is 0.325. The van der Waals surface area contributed by atoms with Crippen LogP contribution in [-0.2, 0) is 14.3 Å². The lowest BCUT2D eigenvalue weighted by atomic mass is 10.0. The molecule has 2 aromatic carbocycles. The molecule has 32 heavy (non-hydrogen) atoms.